The molecule has 1 aliphatic heterocycles. The van der Waals surface area contributed by atoms with Crippen molar-refractivity contribution < 1.29 is 13.2 Å². The maximum absolute atomic E-state index is 13.4. The Kier molecular flexibility index (Phi) is 4.64. The van der Waals surface area contributed by atoms with E-state index in [-0.39, 0.29) is 5.69 Å². The van der Waals surface area contributed by atoms with Crippen LogP contribution in [0, 0.1) is 5.92 Å². The predicted octanol–water partition coefficient (Wildman–Crippen LogP) is 5.60. The van der Waals surface area contributed by atoms with Gasteiger partial charge in [-0.3, -0.25) is 10.4 Å². The van der Waals surface area contributed by atoms with Gasteiger partial charge in [0.05, 0.1) is 11.3 Å². The Morgan fingerprint density at radius 2 is 2.00 bits per heavy atom. The van der Waals surface area contributed by atoms with E-state index in [0.29, 0.717) is 22.3 Å². The van der Waals surface area contributed by atoms with E-state index in [2.05, 4.69) is 17.3 Å². The lowest BCUT2D eigenvalue weighted by atomic mass is 10.1. The number of halogens is 4. The second-order valence-corrected chi connectivity index (χ2v) is 6.58. The number of nitrogens with zero attached hydrogens (tertiary/aromatic N) is 2. The molecule has 3 nitrogen and oxygen atoms in total. The van der Waals surface area contributed by atoms with Crippen molar-refractivity contribution in [2.24, 2.45) is 5.92 Å². The van der Waals surface area contributed by atoms with E-state index in [4.69, 9.17) is 11.6 Å². The molecule has 0 amide bonds. The minimum atomic E-state index is -4.50. The Labute approximate surface area is 149 Å². The summed E-state index contributed by atoms with van der Waals surface area (Å²) in [7, 11) is 0. The van der Waals surface area contributed by atoms with Crippen LogP contribution in [0.4, 0.5) is 19.0 Å². The van der Waals surface area contributed by atoms with Crippen LogP contribution < -0.4 is 5.43 Å². The molecule has 132 valence electrons. The first-order valence-corrected chi connectivity index (χ1v) is 8.17. The van der Waals surface area contributed by atoms with E-state index in [9.17, 15) is 13.2 Å². The SMILES string of the molecule is CC1=CN(Nc2ccc(C(F)(F)F)c(-c3cccc(Cl)c3)n2)CC1C. The first-order valence-electron chi connectivity index (χ1n) is 7.80. The Bertz CT molecular complexity index is 817. The summed E-state index contributed by atoms with van der Waals surface area (Å²) in [5.41, 5.74) is 3.64. The quantitative estimate of drug-likeness (QED) is 0.765. The van der Waals surface area contributed by atoms with Crippen molar-refractivity contribution in [3.8, 4) is 11.3 Å². The van der Waals surface area contributed by atoms with Gasteiger partial charge in [0.15, 0.2) is 0 Å². The van der Waals surface area contributed by atoms with Crippen LogP contribution in [0.1, 0.15) is 19.4 Å². The summed E-state index contributed by atoms with van der Waals surface area (Å²) in [6.45, 7) is 4.84. The van der Waals surface area contributed by atoms with Crippen molar-refractivity contribution in [2.75, 3.05) is 12.0 Å². The maximum Gasteiger partial charge on any atom is 0.418 e. The van der Waals surface area contributed by atoms with Gasteiger partial charge in [-0.15, -0.1) is 0 Å². The highest BCUT2D eigenvalue weighted by atomic mass is 35.5. The fraction of sp³-hybridized carbons (Fsp3) is 0.278. The molecule has 2 aromatic rings. The number of nitrogens with one attached hydrogen (secondary N) is 1. The highest BCUT2D eigenvalue weighted by Gasteiger charge is 2.35. The Hall–Kier alpha value is -2.21. The van der Waals surface area contributed by atoms with Crippen LogP contribution in [0.3, 0.4) is 0 Å². The van der Waals surface area contributed by atoms with Crippen LogP contribution in [0.2, 0.25) is 5.02 Å². The van der Waals surface area contributed by atoms with Crippen molar-refractivity contribution in [3.05, 3.63) is 58.8 Å². The molecular weight excluding hydrogens is 351 g/mol. The van der Waals surface area contributed by atoms with E-state index >= 15 is 0 Å². The molecule has 3 rings (SSSR count). The molecule has 1 aromatic heterocycles. The van der Waals surface area contributed by atoms with Crippen molar-refractivity contribution in [1.82, 2.24) is 9.99 Å². The van der Waals surface area contributed by atoms with Crippen LogP contribution in [0.15, 0.2) is 48.2 Å². The zero-order valence-corrected chi connectivity index (χ0v) is 14.5. The second kappa shape index (κ2) is 6.59. The van der Waals surface area contributed by atoms with Crippen LogP contribution in [-0.4, -0.2) is 16.5 Å². The van der Waals surface area contributed by atoms with Crippen molar-refractivity contribution in [3.63, 3.8) is 0 Å². The Morgan fingerprint density at radius 1 is 1.24 bits per heavy atom. The lowest BCUT2D eigenvalue weighted by molar-refractivity contribution is -0.137. The first-order chi connectivity index (χ1) is 11.7. The average Bonchev–Trinajstić information content (AvgIpc) is 2.84. The van der Waals surface area contributed by atoms with Crippen LogP contribution in [-0.2, 0) is 6.18 Å². The van der Waals surface area contributed by atoms with Crippen LogP contribution in [0.5, 0.6) is 0 Å². The molecule has 0 saturated heterocycles. The number of benzene rings is 1. The zero-order valence-electron chi connectivity index (χ0n) is 13.7. The van der Waals surface area contributed by atoms with Crippen LogP contribution in [0.25, 0.3) is 11.3 Å². The molecule has 1 aromatic carbocycles. The molecule has 0 aliphatic carbocycles. The molecule has 0 spiro atoms. The molecular formula is C18H17ClF3N3. The smallest absolute Gasteiger partial charge is 0.293 e. The predicted molar refractivity (Wildman–Crippen MR) is 92.9 cm³/mol. The summed E-state index contributed by atoms with van der Waals surface area (Å²) in [4.78, 5) is 4.20. The number of hydrogen-bond acceptors (Lipinski definition) is 3. The molecule has 1 atom stereocenters. The van der Waals surface area contributed by atoms with Crippen LogP contribution >= 0.6 is 11.6 Å². The normalized spacial score (nSPS) is 17.6. The molecule has 0 bridgehead atoms. The van der Waals surface area contributed by atoms with Gasteiger partial charge < -0.3 is 0 Å². The van der Waals surface area contributed by atoms with Crippen molar-refractivity contribution >= 4 is 17.4 Å². The Morgan fingerprint density at radius 3 is 2.60 bits per heavy atom. The molecule has 2 heterocycles. The summed E-state index contributed by atoms with van der Waals surface area (Å²) in [6.07, 6.45) is -2.56. The summed E-state index contributed by atoms with van der Waals surface area (Å²) >= 11 is 5.93. The topological polar surface area (TPSA) is 28.2 Å². The highest BCUT2D eigenvalue weighted by molar-refractivity contribution is 6.30. The standard InChI is InChI=1S/C18H17ClF3N3/c1-11-9-25(10-12(11)2)24-16-7-6-15(18(20,21)22)17(23-16)13-4-3-5-14(19)8-13/h3-9,12H,10H2,1-2H3,(H,23,24). The number of rotatable bonds is 3. The number of hydrogen-bond donors (Lipinski definition) is 1. The monoisotopic (exact) mass is 367 g/mol. The summed E-state index contributed by atoms with van der Waals surface area (Å²) < 4.78 is 40.1. The minimum absolute atomic E-state index is 0.145. The number of alkyl halides is 3. The van der Waals surface area contributed by atoms with Gasteiger partial charge in [-0.25, -0.2) is 4.98 Å². The fourth-order valence-electron chi connectivity index (χ4n) is 2.70. The van der Waals surface area contributed by atoms with E-state index in [1.165, 1.54) is 17.7 Å². The number of aromatic nitrogens is 1. The van der Waals surface area contributed by atoms with Gasteiger partial charge in [-0.05, 0) is 37.1 Å². The van der Waals surface area contributed by atoms with Gasteiger partial charge >= 0.3 is 6.18 Å². The molecule has 0 saturated carbocycles. The zero-order chi connectivity index (χ0) is 18.2. The van der Waals surface area contributed by atoms with Gasteiger partial charge in [0.2, 0.25) is 0 Å². The summed E-state index contributed by atoms with van der Waals surface area (Å²) in [6, 6.07) is 8.64. The molecule has 1 unspecified atom stereocenters. The minimum Gasteiger partial charge on any atom is -0.293 e. The third kappa shape index (κ3) is 3.90. The Balaban J connectivity index is 1.99. The lowest BCUT2D eigenvalue weighted by Crippen LogP contribution is -2.25. The molecule has 0 radical (unpaired) electrons. The second-order valence-electron chi connectivity index (χ2n) is 6.14. The number of hydrazine groups is 1. The van der Waals surface area contributed by atoms with E-state index in [0.717, 1.165) is 12.6 Å². The summed E-state index contributed by atoms with van der Waals surface area (Å²) in [5, 5.41) is 2.19. The van der Waals surface area contributed by atoms with Crippen molar-refractivity contribution in [2.45, 2.75) is 20.0 Å². The number of pyridine rings is 1. The van der Waals surface area contributed by atoms with E-state index in [1.54, 1.807) is 18.2 Å². The third-order valence-electron chi connectivity index (χ3n) is 4.16. The molecule has 1 aliphatic rings. The molecule has 25 heavy (non-hydrogen) atoms. The first kappa shape index (κ1) is 17.6. The molecule has 1 N–H and O–H groups in total. The van der Waals surface area contributed by atoms with Gasteiger partial charge in [0.25, 0.3) is 0 Å². The van der Waals surface area contributed by atoms with Crippen molar-refractivity contribution in [1.29, 1.82) is 0 Å². The van der Waals surface area contributed by atoms with E-state index in [1.807, 2.05) is 18.1 Å². The molecule has 0 fully saturated rings. The van der Waals surface area contributed by atoms with E-state index < -0.39 is 11.7 Å². The number of anilines is 1. The average molecular weight is 368 g/mol. The summed E-state index contributed by atoms with van der Waals surface area (Å²) in [5.74, 6) is 0.732. The maximum atomic E-state index is 13.4. The third-order valence-corrected chi connectivity index (χ3v) is 4.40. The van der Waals surface area contributed by atoms with Gasteiger partial charge in [0, 0.05) is 23.3 Å². The van der Waals surface area contributed by atoms with Gasteiger partial charge in [-0.2, -0.15) is 13.2 Å². The largest absolute Gasteiger partial charge is 0.418 e. The van der Waals surface area contributed by atoms with Gasteiger partial charge in [0.1, 0.15) is 5.82 Å². The highest BCUT2D eigenvalue weighted by Crippen LogP contribution is 2.37. The van der Waals surface area contributed by atoms with Gasteiger partial charge in [-0.1, -0.05) is 36.2 Å². The molecule has 7 heteroatoms. The lowest BCUT2D eigenvalue weighted by Gasteiger charge is -2.20. The fourth-order valence-corrected chi connectivity index (χ4v) is 2.89.